The Kier molecular flexibility index (Phi) is 4.89. The van der Waals surface area contributed by atoms with Gasteiger partial charge in [0.25, 0.3) is 5.91 Å². The third-order valence-electron chi connectivity index (χ3n) is 4.12. The summed E-state index contributed by atoms with van der Waals surface area (Å²) < 4.78 is 2.49. The van der Waals surface area contributed by atoms with Crippen molar-refractivity contribution in [1.82, 2.24) is 24.6 Å². The molecule has 0 bridgehead atoms. The van der Waals surface area contributed by atoms with Crippen LogP contribution in [0.15, 0.2) is 17.5 Å². The number of hydrogen-bond donors (Lipinski definition) is 1. The van der Waals surface area contributed by atoms with E-state index >= 15 is 0 Å². The fourth-order valence-corrected chi connectivity index (χ4v) is 3.52. The van der Waals surface area contributed by atoms with Crippen LogP contribution in [-0.4, -0.2) is 56.7 Å². The smallest absolute Gasteiger partial charge is 0.264 e. The second kappa shape index (κ2) is 6.78. The number of piperazine rings is 1. The van der Waals surface area contributed by atoms with Gasteiger partial charge in [-0.3, -0.25) is 14.8 Å². The molecule has 0 aromatic carbocycles. The number of amides is 1. The van der Waals surface area contributed by atoms with Crippen LogP contribution >= 0.6 is 23.6 Å². The molecule has 0 atom stereocenters. The molecule has 2 aromatic heterocycles. The van der Waals surface area contributed by atoms with Gasteiger partial charge in [0.2, 0.25) is 4.77 Å². The second-order valence-electron chi connectivity index (χ2n) is 7.06. The Hall–Kier alpha value is -1.51. The minimum atomic E-state index is -0.0510. The molecule has 3 rings (SSSR count). The summed E-state index contributed by atoms with van der Waals surface area (Å²) in [5, 5.41) is 5.25. The molecule has 0 aliphatic carbocycles. The number of aromatic amines is 1. The lowest BCUT2D eigenvalue weighted by molar-refractivity contribution is 0.0589. The molecule has 1 aliphatic rings. The first-order valence-corrected chi connectivity index (χ1v) is 9.36. The van der Waals surface area contributed by atoms with Crippen molar-refractivity contribution in [2.75, 3.05) is 26.2 Å². The van der Waals surface area contributed by atoms with Crippen LogP contribution in [0.2, 0.25) is 0 Å². The van der Waals surface area contributed by atoms with Gasteiger partial charge in [-0.2, -0.15) is 0 Å². The number of carbonyl (C=O) groups excluding carboxylic acids is 1. The molecule has 2 aromatic rings. The minimum Gasteiger partial charge on any atom is -0.335 e. The van der Waals surface area contributed by atoms with E-state index in [4.69, 9.17) is 12.2 Å². The molecular weight excluding hydrogens is 342 g/mol. The van der Waals surface area contributed by atoms with Crippen LogP contribution in [0, 0.1) is 4.77 Å². The lowest BCUT2D eigenvalue weighted by Gasteiger charge is -2.34. The maximum Gasteiger partial charge on any atom is 0.264 e. The van der Waals surface area contributed by atoms with E-state index in [1.54, 1.807) is 0 Å². The Morgan fingerprint density at radius 3 is 2.58 bits per heavy atom. The number of carbonyl (C=O) groups is 1. The van der Waals surface area contributed by atoms with Gasteiger partial charge in [0.15, 0.2) is 0 Å². The molecule has 1 N–H and O–H groups in total. The maximum atomic E-state index is 12.4. The highest BCUT2D eigenvalue weighted by Gasteiger charge is 2.24. The normalized spacial score (nSPS) is 16.5. The number of rotatable bonds is 3. The Balaban J connectivity index is 1.59. The van der Waals surface area contributed by atoms with E-state index in [1.165, 1.54) is 11.3 Å². The van der Waals surface area contributed by atoms with Crippen LogP contribution in [-0.2, 0) is 12.1 Å². The molecule has 1 fully saturated rings. The molecule has 1 saturated heterocycles. The quantitative estimate of drug-likeness (QED) is 0.850. The van der Waals surface area contributed by atoms with Gasteiger partial charge >= 0.3 is 0 Å². The fraction of sp³-hybridized carbons (Fsp3) is 0.562. The van der Waals surface area contributed by atoms with Crippen LogP contribution in [0.3, 0.4) is 0 Å². The highest BCUT2D eigenvalue weighted by Crippen LogP contribution is 2.18. The van der Waals surface area contributed by atoms with Gasteiger partial charge in [-0.05, 0) is 23.7 Å². The van der Waals surface area contributed by atoms with Gasteiger partial charge in [-0.25, -0.2) is 9.67 Å². The van der Waals surface area contributed by atoms with Gasteiger partial charge in [0, 0.05) is 31.6 Å². The number of hydrogen-bond acceptors (Lipinski definition) is 5. The average molecular weight is 366 g/mol. The molecule has 3 heterocycles. The van der Waals surface area contributed by atoms with E-state index in [0.29, 0.717) is 11.4 Å². The molecule has 130 valence electrons. The first kappa shape index (κ1) is 17.3. The average Bonchev–Trinajstić information content (AvgIpc) is 3.17. The molecule has 0 spiro atoms. The summed E-state index contributed by atoms with van der Waals surface area (Å²) in [5.74, 6) is 1.04. The summed E-state index contributed by atoms with van der Waals surface area (Å²) in [5.41, 5.74) is -0.0510. The lowest BCUT2D eigenvalue weighted by atomic mass is 9.96. The maximum absolute atomic E-state index is 12.4. The number of nitrogens with zero attached hydrogens (tertiary/aromatic N) is 4. The Morgan fingerprint density at radius 2 is 2.04 bits per heavy atom. The SMILES string of the molecule is CC(C)(C)c1nc(=S)n(CN2CCN(C(=O)c3cccs3)CC2)[nH]1. The molecular formula is C16H23N5OS2. The van der Waals surface area contributed by atoms with Crippen molar-refractivity contribution in [1.29, 1.82) is 0 Å². The van der Waals surface area contributed by atoms with E-state index < -0.39 is 0 Å². The highest BCUT2D eigenvalue weighted by atomic mass is 32.1. The number of thiophene rings is 1. The summed E-state index contributed by atoms with van der Waals surface area (Å²) >= 11 is 6.86. The third-order valence-corrected chi connectivity index (χ3v) is 5.29. The van der Waals surface area contributed by atoms with Gasteiger partial charge in [-0.15, -0.1) is 11.3 Å². The van der Waals surface area contributed by atoms with E-state index in [9.17, 15) is 4.79 Å². The monoisotopic (exact) mass is 365 g/mol. The van der Waals surface area contributed by atoms with Gasteiger partial charge < -0.3 is 4.90 Å². The van der Waals surface area contributed by atoms with Crippen LogP contribution < -0.4 is 0 Å². The molecule has 8 heteroatoms. The molecule has 1 amide bonds. The third kappa shape index (κ3) is 3.76. The highest BCUT2D eigenvalue weighted by molar-refractivity contribution is 7.71. The molecule has 6 nitrogen and oxygen atoms in total. The summed E-state index contributed by atoms with van der Waals surface area (Å²) in [7, 11) is 0. The zero-order chi connectivity index (χ0) is 17.3. The van der Waals surface area contributed by atoms with E-state index in [0.717, 1.165) is 36.9 Å². The Bertz CT molecular complexity index is 748. The first-order valence-electron chi connectivity index (χ1n) is 8.07. The van der Waals surface area contributed by atoms with Crippen molar-refractivity contribution in [3.8, 4) is 0 Å². The number of nitrogens with one attached hydrogen (secondary N) is 1. The Labute approximate surface area is 151 Å². The van der Waals surface area contributed by atoms with Crippen LogP contribution in [0.25, 0.3) is 0 Å². The van der Waals surface area contributed by atoms with Crippen LogP contribution in [0.5, 0.6) is 0 Å². The van der Waals surface area contributed by atoms with E-state index in [2.05, 4.69) is 35.8 Å². The van der Waals surface area contributed by atoms with Gasteiger partial charge in [-0.1, -0.05) is 26.8 Å². The molecule has 24 heavy (non-hydrogen) atoms. The van der Waals surface area contributed by atoms with Gasteiger partial charge in [0.05, 0.1) is 11.5 Å². The largest absolute Gasteiger partial charge is 0.335 e. The molecule has 0 unspecified atom stereocenters. The summed E-state index contributed by atoms with van der Waals surface area (Å²) in [6.07, 6.45) is 0. The first-order chi connectivity index (χ1) is 11.3. The van der Waals surface area contributed by atoms with Crippen LogP contribution in [0.4, 0.5) is 0 Å². The second-order valence-corrected chi connectivity index (χ2v) is 8.37. The van der Waals surface area contributed by atoms with E-state index in [-0.39, 0.29) is 11.3 Å². The summed E-state index contributed by atoms with van der Waals surface area (Å²) in [6, 6.07) is 3.80. The number of H-pyrrole nitrogens is 1. The topological polar surface area (TPSA) is 57.2 Å². The molecule has 0 saturated carbocycles. The zero-order valence-corrected chi connectivity index (χ0v) is 15.9. The standard InChI is InChI=1S/C16H23N5OS2/c1-16(2,3)14-17-15(23)21(18-14)11-19-6-8-20(9-7-19)13(22)12-5-4-10-24-12/h4-5,10H,6-9,11H2,1-3H3,(H,17,18,23). The van der Waals surface area contributed by atoms with Crippen molar-refractivity contribution in [2.24, 2.45) is 0 Å². The van der Waals surface area contributed by atoms with Crippen molar-refractivity contribution in [2.45, 2.75) is 32.9 Å². The zero-order valence-electron chi connectivity index (χ0n) is 14.3. The molecule has 1 aliphatic heterocycles. The van der Waals surface area contributed by atoms with Crippen molar-refractivity contribution < 1.29 is 4.79 Å². The lowest BCUT2D eigenvalue weighted by Crippen LogP contribution is -2.48. The van der Waals surface area contributed by atoms with Gasteiger partial charge in [0.1, 0.15) is 5.82 Å². The van der Waals surface area contributed by atoms with Crippen molar-refractivity contribution in [3.05, 3.63) is 33.0 Å². The fourth-order valence-electron chi connectivity index (χ4n) is 2.64. The predicted molar refractivity (Wildman–Crippen MR) is 97.9 cm³/mol. The van der Waals surface area contributed by atoms with Crippen molar-refractivity contribution in [3.63, 3.8) is 0 Å². The summed E-state index contributed by atoms with van der Waals surface area (Å²) in [4.78, 5) is 21.9. The van der Waals surface area contributed by atoms with Crippen molar-refractivity contribution >= 4 is 29.5 Å². The molecule has 0 radical (unpaired) electrons. The Morgan fingerprint density at radius 1 is 1.33 bits per heavy atom. The van der Waals surface area contributed by atoms with Crippen LogP contribution in [0.1, 0.15) is 36.3 Å². The summed E-state index contributed by atoms with van der Waals surface area (Å²) in [6.45, 7) is 10.2. The van der Waals surface area contributed by atoms with E-state index in [1.807, 2.05) is 27.1 Å². The number of aromatic nitrogens is 3. The minimum absolute atomic E-state index is 0.0510. The predicted octanol–water partition coefficient (Wildman–Crippen LogP) is 2.72.